The molecule has 1 heteroatoms. The van der Waals surface area contributed by atoms with E-state index < -0.39 is 5.67 Å². The highest BCUT2D eigenvalue weighted by Gasteiger charge is 2.19. The Morgan fingerprint density at radius 3 is 2.21 bits per heavy atom. The maximum Gasteiger partial charge on any atom is 0.144 e. The normalized spacial score (nSPS) is 30.6. The zero-order chi connectivity index (χ0) is 10.0. The highest BCUT2D eigenvalue weighted by molar-refractivity contribution is 5.34. The lowest BCUT2D eigenvalue weighted by atomic mass is 9.90. The number of allylic oxidation sites excluding steroid dienone is 4. The molecule has 72 valence electrons. The third-order valence-corrected chi connectivity index (χ3v) is 2.44. The quantitative estimate of drug-likeness (QED) is 0.590. The number of rotatable bonds is 1. The first-order valence-electron chi connectivity index (χ1n) is 4.80. The first-order valence-corrected chi connectivity index (χ1v) is 4.80. The summed E-state index contributed by atoms with van der Waals surface area (Å²) in [6.45, 7) is 1.56. The van der Waals surface area contributed by atoms with Gasteiger partial charge in [0.1, 0.15) is 5.67 Å². The molecule has 0 bridgehead atoms. The molecule has 2 rings (SSSR count). The van der Waals surface area contributed by atoms with Gasteiger partial charge in [-0.25, -0.2) is 4.39 Å². The molecule has 0 heterocycles. The largest absolute Gasteiger partial charge is 0.235 e. The summed E-state index contributed by atoms with van der Waals surface area (Å²) in [5.74, 6) is 0.222. The number of halogens is 1. The van der Waals surface area contributed by atoms with Gasteiger partial charge in [0.25, 0.3) is 0 Å². The van der Waals surface area contributed by atoms with Crippen LogP contribution in [0.5, 0.6) is 0 Å². The van der Waals surface area contributed by atoms with Gasteiger partial charge in [-0.3, -0.25) is 0 Å². The van der Waals surface area contributed by atoms with Gasteiger partial charge in [0.05, 0.1) is 0 Å². The van der Waals surface area contributed by atoms with Crippen LogP contribution >= 0.6 is 0 Å². The van der Waals surface area contributed by atoms with Gasteiger partial charge in [-0.05, 0) is 24.6 Å². The second-order valence-corrected chi connectivity index (χ2v) is 3.81. The molecule has 1 aliphatic rings. The lowest BCUT2D eigenvalue weighted by Gasteiger charge is -2.19. The van der Waals surface area contributed by atoms with Crippen LogP contribution in [0.15, 0.2) is 54.6 Å². The molecule has 1 aliphatic carbocycles. The Labute approximate surface area is 83.8 Å². The number of hydrogen-bond acceptors (Lipinski definition) is 0. The summed E-state index contributed by atoms with van der Waals surface area (Å²) in [4.78, 5) is 0. The summed E-state index contributed by atoms with van der Waals surface area (Å²) in [6.07, 6.45) is 7.06. The molecular formula is C13H13F. The molecule has 1 aromatic rings. The van der Waals surface area contributed by atoms with E-state index in [4.69, 9.17) is 0 Å². The Morgan fingerprint density at radius 2 is 1.64 bits per heavy atom. The average molecular weight is 188 g/mol. The molecule has 0 aliphatic heterocycles. The molecule has 0 saturated heterocycles. The van der Waals surface area contributed by atoms with E-state index in [9.17, 15) is 4.39 Å². The van der Waals surface area contributed by atoms with Gasteiger partial charge in [-0.2, -0.15) is 0 Å². The average Bonchev–Trinajstić information content (AvgIpc) is 2.19. The van der Waals surface area contributed by atoms with Crippen molar-refractivity contribution in [2.24, 2.45) is 0 Å². The summed E-state index contributed by atoms with van der Waals surface area (Å²) in [5.41, 5.74) is -0.0684. The number of alkyl halides is 1. The van der Waals surface area contributed by atoms with Crippen LogP contribution < -0.4 is 0 Å². The number of hydrogen-bond donors (Lipinski definition) is 0. The van der Waals surface area contributed by atoms with Crippen molar-refractivity contribution in [1.82, 2.24) is 0 Å². The maximum absolute atomic E-state index is 13.4. The lowest BCUT2D eigenvalue weighted by molar-refractivity contribution is 0.324. The molecule has 0 nitrogen and oxygen atoms in total. The van der Waals surface area contributed by atoms with E-state index in [-0.39, 0.29) is 5.92 Å². The summed E-state index contributed by atoms with van der Waals surface area (Å²) in [7, 11) is 0. The number of benzene rings is 1. The van der Waals surface area contributed by atoms with Gasteiger partial charge in [0.2, 0.25) is 0 Å². The SMILES string of the molecule is CC1(F)C=CC(c2ccccc2)C=C1. The molecule has 0 fully saturated rings. The van der Waals surface area contributed by atoms with Gasteiger partial charge in [0.15, 0.2) is 0 Å². The van der Waals surface area contributed by atoms with E-state index in [2.05, 4.69) is 12.1 Å². The zero-order valence-electron chi connectivity index (χ0n) is 8.15. The highest BCUT2D eigenvalue weighted by Crippen LogP contribution is 2.27. The standard InChI is InChI=1S/C13H13F/c1-13(14)9-7-12(8-10-13)11-5-3-2-4-6-11/h2-10,12H,1H3. The van der Waals surface area contributed by atoms with Crippen molar-refractivity contribution in [3.05, 3.63) is 60.2 Å². The second kappa shape index (κ2) is 3.41. The molecule has 0 unspecified atom stereocenters. The van der Waals surface area contributed by atoms with Crippen LogP contribution in [0, 0.1) is 0 Å². The van der Waals surface area contributed by atoms with Crippen molar-refractivity contribution >= 4 is 0 Å². The Hall–Kier alpha value is -1.37. The third kappa shape index (κ3) is 1.92. The van der Waals surface area contributed by atoms with Crippen molar-refractivity contribution in [3.63, 3.8) is 0 Å². The van der Waals surface area contributed by atoms with E-state index in [0.29, 0.717) is 0 Å². The van der Waals surface area contributed by atoms with Gasteiger partial charge < -0.3 is 0 Å². The first-order chi connectivity index (χ1) is 6.67. The van der Waals surface area contributed by atoms with Crippen LogP contribution in [0.1, 0.15) is 18.4 Å². The first kappa shape index (κ1) is 9.20. The van der Waals surface area contributed by atoms with E-state index in [1.54, 1.807) is 19.1 Å². The van der Waals surface area contributed by atoms with Crippen LogP contribution in [0.25, 0.3) is 0 Å². The topological polar surface area (TPSA) is 0 Å². The van der Waals surface area contributed by atoms with Crippen molar-refractivity contribution < 1.29 is 4.39 Å². The molecule has 0 atom stereocenters. The van der Waals surface area contributed by atoms with Gasteiger partial charge in [-0.15, -0.1) is 0 Å². The van der Waals surface area contributed by atoms with E-state index in [1.165, 1.54) is 5.56 Å². The Balaban J connectivity index is 2.22. The molecule has 0 radical (unpaired) electrons. The summed E-state index contributed by atoms with van der Waals surface area (Å²) in [5, 5.41) is 0. The minimum absolute atomic E-state index is 0.222. The van der Waals surface area contributed by atoms with E-state index >= 15 is 0 Å². The van der Waals surface area contributed by atoms with Crippen molar-refractivity contribution in [1.29, 1.82) is 0 Å². The molecule has 0 spiro atoms. The maximum atomic E-state index is 13.4. The minimum atomic E-state index is -1.27. The summed E-state index contributed by atoms with van der Waals surface area (Å²) >= 11 is 0. The zero-order valence-corrected chi connectivity index (χ0v) is 8.15. The molecule has 1 aromatic carbocycles. The third-order valence-electron chi connectivity index (χ3n) is 2.44. The fourth-order valence-corrected chi connectivity index (χ4v) is 1.60. The predicted molar refractivity (Wildman–Crippen MR) is 57.0 cm³/mol. The predicted octanol–water partition coefficient (Wildman–Crippen LogP) is 3.62. The monoisotopic (exact) mass is 188 g/mol. The smallest absolute Gasteiger partial charge is 0.144 e. The summed E-state index contributed by atoms with van der Waals surface area (Å²) in [6, 6.07) is 10.1. The second-order valence-electron chi connectivity index (χ2n) is 3.81. The Kier molecular flexibility index (Phi) is 2.24. The van der Waals surface area contributed by atoms with Gasteiger partial charge in [0, 0.05) is 5.92 Å². The minimum Gasteiger partial charge on any atom is -0.235 e. The van der Waals surface area contributed by atoms with Crippen LogP contribution in [0.4, 0.5) is 4.39 Å². The lowest BCUT2D eigenvalue weighted by Crippen LogP contribution is -2.13. The van der Waals surface area contributed by atoms with E-state index in [0.717, 1.165) is 0 Å². The van der Waals surface area contributed by atoms with Crippen LogP contribution in [0.2, 0.25) is 0 Å². The molecule has 14 heavy (non-hydrogen) atoms. The van der Waals surface area contributed by atoms with Crippen LogP contribution in [0.3, 0.4) is 0 Å². The summed E-state index contributed by atoms with van der Waals surface area (Å²) < 4.78 is 13.4. The van der Waals surface area contributed by atoms with Crippen molar-refractivity contribution in [2.45, 2.75) is 18.5 Å². The molecule has 0 N–H and O–H groups in total. The molecular weight excluding hydrogens is 175 g/mol. The highest BCUT2D eigenvalue weighted by atomic mass is 19.1. The van der Waals surface area contributed by atoms with E-state index in [1.807, 2.05) is 30.4 Å². The molecule has 0 saturated carbocycles. The fourth-order valence-electron chi connectivity index (χ4n) is 1.60. The van der Waals surface area contributed by atoms with Crippen LogP contribution in [-0.4, -0.2) is 5.67 Å². The van der Waals surface area contributed by atoms with Crippen molar-refractivity contribution in [3.8, 4) is 0 Å². The van der Waals surface area contributed by atoms with Gasteiger partial charge >= 0.3 is 0 Å². The van der Waals surface area contributed by atoms with Crippen molar-refractivity contribution in [2.75, 3.05) is 0 Å². The molecule has 0 aromatic heterocycles. The fraction of sp³-hybridized carbons (Fsp3) is 0.231. The Morgan fingerprint density at radius 1 is 1.07 bits per heavy atom. The Bertz CT molecular complexity index is 344. The molecule has 0 amide bonds. The van der Waals surface area contributed by atoms with Gasteiger partial charge in [-0.1, -0.05) is 42.5 Å². The van der Waals surface area contributed by atoms with Crippen LogP contribution in [-0.2, 0) is 0 Å².